The highest BCUT2D eigenvalue weighted by molar-refractivity contribution is 6.14. The smallest absolute Gasteiger partial charge is 0.0672 e. The molecule has 12 heavy (non-hydrogen) atoms. The predicted octanol–water partition coefficient (Wildman–Crippen LogP) is 3.57. The van der Waals surface area contributed by atoms with E-state index >= 15 is 0 Å². The SMILES string of the molecule is BC(C)(C)CCCCCCCC. The largest absolute Gasteiger partial charge is 0.108 e. The van der Waals surface area contributed by atoms with E-state index in [9.17, 15) is 0 Å². The van der Waals surface area contributed by atoms with Gasteiger partial charge in [0.25, 0.3) is 0 Å². The van der Waals surface area contributed by atoms with Crippen molar-refractivity contribution >= 4 is 7.85 Å². The maximum Gasteiger partial charge on any atom is 0.108 e. The molecular weight excluding hydrogens is 143 g/mol. The van der Waals surface area contributed by atoms with E-state index in [-0.39, 0.29) is 0 Å². The molecule has 72 valence electrons. The Labute approximate surface area is 79.5 Å². The lowest BCUT2D eigenvalue weighted by molar-refractivity contribution is 0.528. The van der Waals surface area contributed by atoms with E-state index < -0.39 is 0 Å². The van der Waals surface area contributed by atoms with E-state index in [2.05, 4.69) is 28.6 Å². The van der Waals surface area contributed by atoms with Gasteiger partial charge >= 0.3 is 0 Å². The fourth-order valence-corrected chi connectivity index (χ4v) is 1.44. The van der Waals surface area contributed by atoms with E-state index in [1.165, 1.54) is 44.9 Å². The number of hydrogen-bond donors (Lipinski definition) is 0. The second kappa shape index (κ2) is 6.57. The van der Waals surface area contributed by atoms with Crippen molar-refractivity contribution in [3.05, 3.63) is 0 Å². The van der Waals surface area contributed by atoms with Crippen LogP contribution < -0.4 is 0 Å². The van der Waals surface area contributed by atoms with Crippen molar-refractivity contribution in [3.8, 4) is 0 Å². The van der Waals surface area contributed by atoms with Gasteiger partial charge in [-0.3, -0.25) is 0 Å². The van der Waals surface area contributed by atoms with Crippen LogP contribution in [0.3, 0.4) is 0 Å². The lowest BCUT2D eigenvalue weighted by Crippen LogP contribution is -2.01. The molecule has 0 amide bonds. The van der Waals surface area contributed by atoms with Crippen molar-refractivity contribution in [1.82, 2.24) is 0 Å². The van der Waals surface area contributed by atoms with E-state index in [1.807, 2.05) is 0 Å². The standard InChI is InChI=1S/C11H25B/c1-4-5-6-7-8-9-10-11(2,3)12/h4-10,12H2,1-3H3. The summed E-state index contributed by atoms with van der Waals surface area (Å²) in [5.41, 5.74) is 0. The Kier molecular flexibility index (Phi) is 6.60. The van der Waals surface area contributed by atoms with Gasteiger partial charge in [-0.1, -0.05) is 71.0 Å². The Morgan fingerprint density at radius 3 is 1.92 bits per heavy atom. The van der Waals surface area contributed by atoms with Crippen LogP contribution in [-0.2, 0) is 0 Å². The van der Waals surface area contributed by atoms with Gasteiger partial charge in [-0.05, 0) is 0 Å². The summed E-state index contributed by atoms with van der Waals surface area (Å²) in [5, 5.41) is 0.546. The summed E-state index contributed by atoms with van der Waals surface area (Å²) in [6.07, 6.45) is 9.93. The lowest BCUT2D eigenvalue weighted by atomic mass is 9.69. The quantitative estimate of drug-likeness (QED) is 0.402. The van der Waals surface area contributed by atoms with Crippen molar-refractivity contribution in [2.24, 2.45) is 0 Å². The second-order valence-corrected chi connectivity index (χ2v) is 5.08. The zero-order valence-corrected chi connectivity index (χ0v) is 9.45. The predicted molar refractivity (Wildman–Crippen MR) is 60.6 cm³/mol. The normalized spacial score (nSPS) is 11.9. The lowest BCUT2D eigenvalue weighted by Gasteiger charge is -2.17. The van der Waals surface area contributed by atoms with Crippen molar-refractivity contribution in [2.45, 2.75) is 71.0 Å². The number of unbranched alkanes of at least 4 members (excludes halogenated alkanes) is 5. The minimum absolute atomic E-state index is 0.546. The van der Waals surface area contributed by atoms with Gasteiger partial charge < -0.3 is 0 Å². The minimum Gasteiger partial charge on any atom is -0.0672 e. The summed E-state index contributed by atoms with van der Waals surface area (Å²) in [4.78, 5) is 0. The molecule has 0 saturated carbocycles. The summed E-state index contributed by atoms with van der Waals surface area (Å²) >= 11 is 0. The molecule has 0 unspecified atom stereocenters. The summed E-state index contributed by atoms with van der Waals surface area (Å²) in [6, 6.07) is 0. The molecule has 0 saturated heterocycles. The third kappa shape index (κ3) is 10.1. The molecule has 0 aromatic heterocycles. The van der Waals surface area contributed by atoms with Gasteiger partial charge in [0, 0.05) is 0 Å². The van der Waals surface area contributed by atoms with Crippen LogP contribution in [0.15, 0.2) is 0 Å². The van der Waals surface area contributed by atoms with Crippen molar-refractivity contribution < 1.29 is 0 Å². The van der Waals surface area contributed by atoms with Gasteiger partial charge in [0.2, 0.25) is 0 Å². The van der Waals surface area contributed by atoms with Crippen LogP contribution in [0.5, 0.6) is 0 Å². The third-order valence-electron chi connectivity index (χ3n) is 2.28. The topological polar surface area (TPSA) is 0 Å². The Bertz CT molecular complexity index is 91.7. The molecule has 0 nitrogen and oxygen atoms in total. The van der Waals surface area contributed by atoms with Gasteiger partial charge in [0.1, 0.15) is 7.85 Å². The molecule has 1 heteroatoms. The second-order valence-electron chi connectivity index (χ2n) is 5.08. The molecule has 0 aromatic carbocycles. The first-order valence-electron chi connectivity index (χ1n) is 5.56. The van der Waals surface area contributed by atoms with Gasteiger partial charge in [-0.2, -0.15) is 0 Å². The van der Waals surface area contributed by atoms with Crippen molar-refractivity contribution in [2.75, 3.05) is 0 Å². The van der Waals surface area contributed by atoms with Crippen LogP contribution in [0, 0.1) is 0 Å². The van der Waals surface area contributed by atoms with Crippen LogP contribution in [0.2, 0.25) is 5.31 Å². The van der Waals surface area contributed by atoms with Crippen LogP contribution in [-0.4, -0.2) is 7.85 Å². The first kappa shape index (κ1) is 12.1. The number of rotatable bonds is 7. The Hall–Kier alpha value is 0.0649. The molecule has 0 rings (SSSR count). The number of hydrogen-bond acceptors (Lipinski definition) is 0. The molecular formula is C11H25B. The molecule has 0 atom stereocenters. The first-order chi connectivity index (χ1) is 5.56. The van der Waals surface area contributed by atoms with Crippen LogP contribution in [0.4, 0.5) is 0 Å². The highest BCUT2D eigenvalue weighted by atomic mass is 14.1. The zero-order chi connectivity index (χ0) is 9.45. The molecule has 0 N–H and O–H groups in total. The van der Waals surface area contributed by atoms with E-state index in [0.29, 0.717) is 5.31 Å². The Morgan fingerprint density at radius 2 is 1.42 bits per heavy atom. The summed E-state index contributed by atoms with van der Waals surface area (Å²) < 4.78 is 0. The molecule has 0 aliphatic carbocycles. The highest BCUT2D eigenvalue weighted by Gasteiger charge is 2.08. The first-order valence-corrected chi connectivity index (χ1v) is 5.56. The van der Waals surface area contributed by atoms with Gasteiger partial charge in [-0.15, -0.1) is 0 Å². The molecule has 0 heterocycles. The van der Waals surface area contributed by atoms with Crippen molar-refractivity contribution in [1.29, 1.82) is 0 Å². The zero-order valence-electron chi connectivity index (χ0n) is 9.45. The van der Waals surface area contributed by atoms with Gasteiger partial charge in [-0.25, -0.2) is 0 Å². The minimum atomic E-state index is 0.546. The molecule has 0 aliphatic heterocycles. The summed E-state index contributed by atoms with van der Waals surface area (Å²) in [5.74, 6) is 0. The molecule has 0 bridgehead atoms. The van der Waals surface area contributed by atoms with Crippen LogP contribution in [0.25, 0.3) is 0 Å². The summed E-state index contributed by atoms with van der Waals surface area (Å²) in [6.45, 7) is 6.94. The maximum atomic E-state index is 2.33. The van der Waals surface area contributed by atoms with Crippen LogP contribution >= 0.6 is 0 Å². The van der Waals surface area contributed by atoms with E-state index in [4.69, 9.17) is 0 Å². The molecule has 0 fully saturated rings. The fraction of sp³-hybridized carbons (Fsp3) is 1.00. The highest BCUT2D eigenvalue weighted by Crippen LogP contribution is 2.26. The maximum absolute atomic E-state index is 2.33. The Balaban J connectivity index is 3.01. The van der Waals surface area contributed by atoms with E-state index in [0.717, 1.165) is 0 Å². The molecule has 0 radical (unpaired) electrons. The fourth-order valence-electron chi connectivity index (χ4n) is 1.44. The van der Waals surface area contributed by atoms with Gasteiger partial charge in [0.15, 0.2) is 0 Å². The molecule has 0 aliphatic rings. The average Bonchev–Trinajstić information content (AvgIpc) is 1.94. The molecule has 0 aromatic rings. The van der Waals surface area contributed by atoms with Crippen molar-refractivity contribution in [3.63, 3.8) is 0 Å². The summed E-state index contributed by atoms with van der Waals surface area (Å²) in [7, 11) is 2.33. The average molecular weight is 168 g/mol. The molecule has 0 spiro atoms. The Morgan fingerprint density at radius 1 is 0.917 bits per heavy atom. The van der Waals surface area contributed by atoms with Gasteiger partial charge in [0.05, 0.1) is 0 Å². The monoisotopic (exact) mass is 168 g/mol. The van der Waals surface area contributed by atoms with Crippen LogP contribution in [0.1, 0.15) is 65.7 Å². The third-order valence-corrected chi connectivity index (χ3v) is 2.28. The van der Waals surface area contributed by atoms with E-state index in [1.54, 1.807) is 0 Å².